The van der Waals surface area contributed by atoms with Gasteiger partial charge in [-0.2, -0.15) is 0 Å². The van der Waals surface area contributed by atoms with E-state index in [1.165, 1.54) is 0 Å². The van der Waals surface area contributed by atoms with Crippen molar-refractivity contribution in [3.63, 3.8) is 0 Å². The fourth-order valence-corrected chi connectivity index (χ4v) is 2.31. The Labute approximate surface area is 104 Å². The highest BCUT2D eigenvalue weighted by Gasteiger charge is 2.29. The lowest BCUT2D eigenvalue weighted by Crippen LogP contribution is -2.39. The van der Waals surface area contributed by atoms with Crippen LogP contribution >= 0.6 is 0 Å². The van der Waals surface area contributed by atoms with Gasteiger partial charge in [0.1, 0.15) is 0 Å². The number of halogens is 3. The lowest BCUT2D eigenvalue weighted by Gasteiger charge is -2.32. The van der Waals surface area contributed by atoms with Gasteiger partial charge in [-0.05, 0) is 25.0 Å². The van der Waals surface area contributed by atoms with E-state index < -0.39 is 23.1 Å². The second-order valence-electron chi connectivity index (χ2n) is 4.86. The number of aliphatic hydroxyl groups is 1. The van der Waals surface area contributed by atoms with Gasteiger partial charge >= 0.3 is 0 Å². The lowest BCUT2D eigenvalue weighted by atomic mass is 9.85. The van der Waals surface area contributed by atoms with Crippen molar-refractivity contribution in [1.29, 1.82) is 0 Å². The van der Waals surface area contributed by atoms with Crippen LogP contribution in [-0.2, 0) is 0 Å². The van der Waals surface area contributed by atoms with E-state index in [-0.39, 0.29) is 12.2 Å². The third kappa shape index (κ3) is 2.77. The van der Waals surface area contributed by atoms with E-state index in [4.69, 9.17) is 0 Å². The lowest BCUT2D eigenvalue weighted by molar-refractivity contribution is 0.0166. The van der Waals surface area contributed by atoms with Crippen molar-refractivity contribution in [3.05, 3.63) is 29.6 Å². The monoisotopic (exact) mass is 259 g/mol. The molecule has 1 aliphatic carbocycles. The van der Waals surface area contributed by atoms with Crippen molar-refractivity contribution < 1.29 is 18.3 Å². The first-order chi connectivity index (χ1) is 8.52. The minimum atomic E-state index is -1.49. The standard InChI is InChI=1S/C13H16F3NO/c14-9-4-5-10(12(16)11(9)15)17-8-13(18)6-2-1-3-7-13/h4-5,17-18H,1-3,6-8H2. The maximum atomic E-state index is 13.4. The normalized spacial score (nSPS) is 18.7. The summed E-state index contributed by atoms with van der Waals surface area (Å²) in [6.07, 6.45) is 4.23. The summed E-state index contributed by atoms with van der Waals surface area (Å²) < 4.78 is 39.1. The summed E-state index contributed by atoms with van der Waals surface area (Å²) in [4.78, 5) is 0. The molecule has 2 rings (SSSR count). The average molecular weight is 259 g/mol. The molecular weight excluding hydrogens is 243 g/mol. The van der Waals surface area contributed by atoms with Crippen molar-refractivity contribution in [2.24, 2.45) is 0 Å². The summed E-state index contributed by atoms with van der Waals surface area (Å²) >= 11 is 0. The van der Waals surface area contributed by atoms with Gasteiger partial charge in [0.2, 0.25) is 0 Å². The van der Waals surface area contributed by atoms with Gasteiger partial charge in [-0.15, -0.1) is 0 Å². The third-order valence-electron chi connectivity index (χ3n) is 3.43. The molecule has 5 heteroatoms. The second kappa shape index (κ2) is 5.18. The molecule has 1 aromatic carbocycles. The number of benzene rings is 1. The van der Waals surface area contributed by atoms with Gasteiger partial charge in [0, 0.05) is 6.54 Å². The number of rotatable bonds is 3. The maximum Gasteiger partial charge on any atom is 0.196 e. The van der Waals surface area contributed by atoms with E-state index in [0.717, 1.165) is 31.4 Å². The first kappa shape index (κ1) is 13.2. The molecule has 0 radical (unpaired) electrons. The molecule has 2 nitrogen and oxygen atoms in total. The number of nitrogens with one attached hydrogen (secondary N) is 1. The Hall–Kier alpha value is -1.23. The van der Waals surface area contributed by atoms with E-state index >= 15 is 0 Å². The Balaban J connectivity index is 2.04. The highest BCUT2D eigenvalue weighted by atomic mass is 19.2. The minimum Gasteiger partial charge on any atom is -0.388 e. The van der Waals surface area contributed by atoms with Gasteiger partial charge in [0.25, 0.3) is 0 Å². The molecule has 0 bridgehead atoms. The first-order valence-corrected chi connectivity index (χ1v) is 6.12. The Bertz CT molecular complexity index is 430. The molecule has 1 saturated carbocycles. The largest absolute Gasteiger partial charge is 0.388 e. The van der Waals surface area contributed by atoms with E-state index in [2.05, 4.69) is 5.32 Å². The molecule has 0 heterocycles. The Morgan fingerprint density at radius 2 is 1.72 bits per heavy atom. The van der Waals surface area contributed by atoms with Crippen molar-refractivity contribution in [3.8, 4) is 0 Å². The van der Waals surface area contributed by atoms with Gasteiger partial charge < -0.3 is 10.4 Å². The van der Waals surface area contributed by atoms with Crippen LogP contribution in [-0.4, -0.2) is 17.3 Å². The van der Waals surface area contributed by atoms with Crippen LogP contribution in [0.25, 0.3) is 0 Å². The van der Waals surface area contributed by atoms with Crippen molar-refractivity contribution in [2.75, 3.05) is 11.9 Å². The van der Waals surface area contributed by atoms with Gasteiger partial charge in [0.05, 0.1) is 11.3 Å². The molecule has 0 atom stereocenters. The maximum absolute atomic E-state index is 13.4. The Morgan fingerprint density at radius 1 is 1.06 bits per heavy atom. The zero-order chi connectivity index (χ0) is 13.2. The highest BCUT2D eigenvalue weighted by Crippen LogP contribution is 2.29. The van der Waals surface area contributed by atoms with Crippen LogP contribution in [0, 0.1) is 17.5 Å². The molecule has 0 spiro atoms. The molecular formula is C13H16F3NO. The van der Waals surface area contributed by atoms with E-state index in [0.29, 0.717) is 12.8 Å². The van der Waals surface area contributed by atoms with Crippen LogP contribution in [0.15, 0.2) is 12.1 Å². The van der Waals surface area contributed by atoms with Crippen LogP contribution in [0.1, 0.15) is 32.1 Å². The SMILES string of the molecule is OC1(CNc2ccc(F)c(F)c2F)CCCCC1. The Morgan fingerprint density at radius 3 is 2.39 bits per heavy atom. The van der Waals surface area contributed by atoms with Crippen LogP contribution in [0.5, 0.6) is 0 Å². The van der Waals surface area contributed by atoms with Gasteiger partial charge in [0.15, 0.2) is 17.5 Å². The summed E-state index contributed by atoms with van der Waals surface area (Å²) in [5, 5.41) is 12.9. The molecule has 0 unspecified atom stereocenters. The van der Waals surface area contributed by atoms with Gasteiger partial charge in [-0.1, -0.05) is 19.3 Å². The summed E-state index contributed by atoms with van der Waals surface area (Å²) in [6, 6.07) is 2.01. The first-order valence-electron chi connectivity index (χ1n) is 6.12. The summed E-state index contributed by atoms with van der Waals surface area (Å²) in [7, 11) is 0. The molecule has 1 aliphatic rings. The number of anilines is 1. The quantitative estimate of drug-likeness (QED) is 0.817. The molecule has 0 aromatic heterocycles. The molecule has 1 fully saturated rings. The molecule has 2 N–H and O–H groups in total. The summed E-state index contributed by atoms with van der Waals surface area (Å²) in [5.41, 5.74) is -0.997. The Kier molecular flexibility index (Phi) is 3.80. The van der Waals surface area contributed by atoms with E-state index in [1.807, 2.05) is 0 Å². The fourth-order valence-electron chi connectivity index (χ4n) is 2.31. The highest BCUT2D eigenvalue weighted by molar-refractivity contribution is 5.45. The van der Waals surface area contributed by atoms with Crippen molar-refractivity contribution >= 4 is 5.69 Å². The van der Waals surface area contributed by atoms with Crippen LogP contribution in [0.2, 0.25) is 0 Å². The predicted molar refractivity (Wildman–Crippen MR) is 62.8 cm³/mol. The topological polar surface area (TPSA) is 32.3 Å². The predicted octanol–water partition coefficient (Wildman–Crippen LogP) is 3.21. The third-order valence-corrected chi connectivity index (χ3v) is 3.43. The van der Waals surface area contributed by atoms with Gasteiger partial charge in [-0.3, -0.25) is 0 Å². The molecule has 1 aromatic rings. The zero-order valence-corrected chi connectivity index (χ0v) is 9.98. The van der Waals surface area contributed by atoms with Crippen LogP contribution in [0.4, 0.5) is 18.9 Å². The van der Waals surface area contributed by atoms with Crippen molar-refractivity contribution in [1.82, 2.24) is 0 Å². The summed E-state index contributed by atoms with van der Waals surface area (Å²) in [6.45, 7) is 0.148. The second-order valence-corrected chi connectivity index (χ2v) is 4.86. The number of hydrogen-bond acceptors (Lipinski definition) is 2. The van der Waals surface area contributed by atoms with E-state index in [1.54, 1.807) is 0 Å². The molecule has 18 heavy (non-hydrogen) atoms. The van der Waals surface area contributed by atoms with Crippen LogP contribution < -0.4 is 5.32 Å². The van der Waals surface area contributed by atoms with Gasteiger partial charge in [-0.25, -0.2) is 13.2 Å². The minimum absolute atomic E-state index is 0.118. The zero-order valence-electron chi connectivity index (χ0n) is 9.98. The smallest absolute Gasteiger partial charge is 0.196 e. The van der Waals surface area contributed by atoms with Crippen LogP contribution in [0.3, 0.4) is 0 Å². The molecule has 0 saturated heterocycles. The molecule has 0 aliphatic heterocycles. The number of hydrogen-bond donors (Lipinski definition) is 2. The van der Waals surface area contributed by atoms with Crippen molar-refractivity contribution in [2.45, 2.75) is 37.7 Å². The van der Waals surface area contributed by atoms with E-state index in [9.17, 15) is 18.3 Å². The summed E-state index contributed by atoms with van der Waals surface area (Å²) in [5.74, 6) is -3.94. The molecule has 100 valence electrons. The average Bonchev–Trinajstić information content (AvgIpc) is 2.36. The molecule has 0 amide bonds. The fraction of sp³-hybridized carbons (Fsp3) is 0.538.